The normalized spacial score (nSPS) is 31.2. The van der Waals surface area contributed by atoms with Crippen molar-refractivity contribution in [2.45, 2.75) is 31.2 Å². The molecular weight excluding hydrogens is 288 g/mol. The Morgan fingerprint density at radius 2 is 2.05 bits per heavy atom. The number of phenolic OH excluding ortho intramolecular Hbond substituents is 2. The first-order valence-electron chi connectivity index (χ1n) is 7.14. The number of rotatable bonds is 2. The Bertz CT molecular complexity index is 623. The van der Waals surface area contributed by atoms with Gasteiger partial charge in [-0.15, -0.1) is 0 Å². The molecule has 6 nitrogen and oxygen atoms in total. The third-order valence-corrected chi connectivity index (χ3v) is 4.31. The SMILES string of the molecule is COC1CC(O)CC2OC=C(c3ccc(O)cc3O)C(=O)C12. The van der Waals surface area contributed by atoms with Gasteiger partial charge in [0.2, 0.25) is 0 Å². The Labute approximate surface area is 127 Å². The molecule has 0 bridgehead atoms. The van der Waals surface area contributed by atoms with Crippen LogP contribution < -0.4 is 0 Å². The van der Waals surface area contributed by atoms with E-state index in [-0.39, 0.29) is 22.9 Å². The van der Waals surface area contributed by atoms with Crippen LogP contribution in [0.25, 0.3) is 5.57 Å². The summed E-state index contributed by atoms with van der Waals surface area (Å²) in [5.74, 6) is -0.969. The number of hydrogen-bond acceptors (Lipinski definition) is 6. The first kappa shape index (κ1) is 14.9. The van der Waals surface area contributed by atoms with Crippen molar-refractivity contribution in [3.8, 4) is 11.5 Å². The second-order valence-corrected chi connectivity index (χ2v) is 5.70. The van der Waals surface area contributed by atoms with Crippen molar-refractivity contribution >= 4 is 11.4 Å². The maximum atomic E-state index is 12.8. The fourth-order valence-corrected chi connectivity index (χ4v) is 3.22. The Kier molecular flexibility index (Phi) is 3.80. The molecule has 1 saturated carbocycles. The first-order chi connectivity index (χ1) is 10.5. The van der Waals surface area contributed by atoms with E-state index in [0.29, 0.717) is 18.4 Å². The number of ether oxygens (including phenoxy) is 2. The van der Waals surface area contributed by atoms with Gasteiger partial charge in [-0.3, -0.25) is 4.79 Å². The minimum Gasteiger partial charge on any atom is -0.508 e. The number of methoxy groups -OCH3 is 1. The van der Waals surface area contributed by atoms with Crippen molar-refractivity contribution in [2.75, 3.05) is 7.11 Å². The predicted molar refractivity (Wildman–Crippen MR) is 77.2 cm³/mol. The lowest BCUT2D eigenvalue weighted by Crippen LogP contribution is -2.49. The fourth-order valence-electron chi connectivity index (χ4n) is 3.22. The van der Waals surface area contributed by atoms with Crippen LogP contribution in [-0.2, 0) is 14.3 Å². The zero-order valence-corrected chi connectivity index (χ0v) is 12.1. The quantitative estimate of drug-likeness (QED) is 0.759. The highest BCUT2D eigenvalue weighted by Gasteiger charge is 2.46. The van der Waals surface area contributed by atoms with Gasteiger partial charge in [0.05, 0.1) is 30.0 Å². The summed E-state index contributed by atoms with van der Waals surface area (Å²) in [6.45, 7) is 0. The van der Waals surface area contributed by atoms with Gasteiger partial charge in [0.25, 0.3) is 0 Å². The molecule has 1 fully saturated rings. The molecule has 1 heterocycles. The zero-order valence-electron chi connectivity index (χ0n) is 12.1. The Balaban J connectivity index is 1.96. The van der Waals surface area contributed by atoms with E-state index in [0.717, 1.165) is 0 Å². The number of phenols is 2. The van der Waals surface area contributed by atoms with E-state index in [9.17, 15) is 20.1 Å². The van der Waals surface area contributed by atoms with Crippen LogP contribution in [0.1, 0.15) is 18.4 Å². The van der Waals surface area contributed by atoms with Crippen molar-refractivity contribution in [3.63, 3.8) is 0 Å². The van der Waals surface area contributed by atoms with Gasteiger partial charge in [-0.2, -0.15) is 0 Å². The van der Waals surface area contributed by atoms with Gasteiger partial charge in [0, 0.05) is 31.6 Å². The molecule has 0 saturated heterocycles. The van der Waals surface area contributed by atoms with E-state index < -0.39 is 24.2 Å². The lowest BCUT2D eigenvalue weighted by molar-refractivity contribution is -0.140. The summed E-state index contributed by atoms with van der Waals surface area (Å²) in [7, 11) is 1.50. The number of fused-ring (bicyclic) bond motifs is 1. The third kappa shape index (κ3) is 2.44. The van der Waals surface area contributed by atoms with Crippen molar-refractivity contribution < 1.29 is 29.6 Å². The van der Waals surface area contributed by atoms with Gasteiger partial charge in [0.1, 0.15) is 17.6 Å². The molecule has 4 unspecified atom stereocenters. The standard InChI is InChI=1S/C16H18O6/c1-21-13-5-9(18)6-14-15(13)16(20)11(7-22-14)10-3-2-8(17)4-12(10)19/h2-4,7,9,13-15,17-19H,5-6H2,1H3. The zero-order chi connectivity index (χ0) is 15.9. The molecule has 118 valence electrons. The number of Topliss-reactive ketones (excluding diaryl/α,β-unsaturated/α-hetero) is 1. The van der Waals surface area contributed by atoms with Crippen molar-refractivity contribution in [1.29, 1.82) is 0 Å². The molecule has 4 atom stereocenters. The van der Waals surface area contributed by atoms with Crippen molar-refractivity contribution in [2.24, 2.45) is 5.92 Å². The third-order valence-electron chi connectivity index (χ3n) is 4.31. The number of carbonyl (C=O) groups is 1. The Morgan fingerprint density at radius 3 is 2.73 bits per heavy atom. The van der Waals surface area contributed by atoms with E-state index in [2.05, 4.69) is 0 Å². The summed E-state index contributed by atoms with van der Waals surface area (Å²) in [4.78, 5) is 12.8. The van der Waals surface area contributed by atoms with Gasteiger partial charge in [0.15, 0.2) is 5.78 Å². The van der Waals surface area contributed by atoms with Crippen LogP contribution in [0.3, 0.4) is 0 Å². The highest BCUT2D eigenvalue weighted by Crippen LogP contribution is 2.40. The van der Waals surface area contributed by atoms with Crippen LogP contribution in [-0.4, -0.2) is 46.5 Å². The Hall–Kier alpha value is -2.05. The molecule has 1 aromatic carbocycles. The lowest BCUT2D eigenvalue weighted by atomic mass is 9.75. The lowest BCUT2D eigenvalue weighted by Gasteiger charge is -2.40. The maximum absolute atomic E-state index is 12.8. The number of aliphatic hydroxyl groups is 1. The first-order valence-corrected chi connectivity index (χ1v) is 7.14. The minimum absolute atomic E-state index is 0.0838. The average Bonchev–Trinajstić information content (AvgIpc) is 2.47. The maximum Gasteiger partial charge on any atom is 0.176 e. The van der Waals surface area contributed by atoms with Crippen LogP contribution in [0.4, 0.5) is 0 Å². The molecule has 22 heavy (non-hydrogen) atoms. The van der Waals surface area contributed by atoms with Gasteiger partial charge < -0.3 is 24.8 Å². The largest absolute Gasteiger partial charge is 0.508 e. The Morgan fingerprint density at radius 1 is 1.27 bits per heavy atom. The number of hydrogen-bond donors (Lipinski definition) is 3. The van der Waals surface area contributed by atoms with E-state index in [1.54, 1.807) is 0 Å². The highest BCUT2D eigenvalue weighted by atomic mass is 16.5. The molecule has 3 N–H and O–H groups in total. The number of aromatic hydroxyl groups is 2. The second kappa shape index (κ2) is 5.62. The number of carbonyl (C=O) groups excluding carboxylic acids is 1. The van der Waals surface area contributed by atoms with Gasteiger partial charge >= 0.3 is 0 Å². The fraction of sp³-hybridized carbons (Fsp3) is 0.438. The molecule has 0 amide bonds. The van der Waals surface area contributed by atoms with Crippen LogP contribution in [0.15, 0.2) is 24.5 Å². The van der Waals surface area contributed by atoms with E-state index in [1.165, 1.54) is 31.6 Å². The summed E-state index contributed by atoms with van der Waals surface area (Å²) in [5, 5.41) is 29.1. The molecule has 1 aromatic rings. The van der Waals surface area contributed by atoms with Crippen LogP contribution in [0.5, 0.6) is 11.5 Å². The molecule has 3 rings (SSSR count). The van der Waals surface area contributed by atoms with Crippen LogP contribution in [0, 0.1) is 5.92 Å². The number of aliphatic hydroxyl groups excluding tert-OH is 1. The second-order valence-electron chi connectivity index (χ2n) is 5.70. The van der Waals surface area contributed by atoms with E-state index in [1.807, 2.05) is 0 Å². The van der Waals surface area contributed by atoms with Gasteiger partial charge in [-0.1, -0.05) is 0 Å². The molecule has 6 heteroatoms. The van der Waals surface area contributed by atoms with Crippen molar-refractivity contribution in [3.05, 3.63) is 30.0 Å². The van der Waals surface area contributed by atoms with Gasteiger partial charge in [-0.25, -0.2) is 0 Å². The summed E-state index contributed by atoms with van der Waals surface area (Å²) >= 11 is 0. The van der Waals surface area contributed by atoms with Crippen LogP contribution in [0.2, 0.25) is 0 Å². The number of ketones is 1. The molecule has 0 radical (unpaired) electrons. The summed E-state index contributed by atoms with van der Waals surface area (Å²) in [6, 6.07) is 4.04. The number of allylic oxidation sites excluding steroid dienone is 1. The molecule has 1 aliphatic carbocycles. The smallest absolute Gasteiger partial charge is 0.176 e. The average molecular weight is 306 g/mol. The molecule has 0 spiro atoms. The summed E-state index contributed by atoms with van der Waals surface area (Å²) in [5.41, 5.74) is 0.555. The minimum atomic E-state index is -0.559. The van der Waals surface area contributed by atoms with Crippen molar-refractivity contribution in [1.82, 2.24) is 0 Å². The van der Waals surface area contributed by atoms with Crippen LogP contribution >= 0.6 is 0 Å². The predicted octanol–water partition coefficient (Wildman–Crippen LogP) is 1.19. The van der Waals surface area contributed by atoms with Gasteiger partial charge in [-0.05, 0) is 12.1 Å². The molecular formula is C16H18O6. The monoisotopic (exact) mass is 306 g/mol. The summed E-state index contributed by atoms with van der Waals surface area (Å²) in [6.07, 6.45) is 0.660. The highest BCUT2D eigenvalue weighted by molar-refractivity contribution is 6.23. The molecule has 0 aromatic heterocycles. The molecule has 1 aliphatic heterocycles. The number of benzene rings is 1. The van der Waals surface area contributed by atoms with E-state index >= 15 is 0 Å². The summed E-state index contributed by atoms with van der Waals surface area (Å²) < 4.78 is 11.0. The molecule has 2 aliphatic rings. The topological polar surface area (TPSA) is 96.2 Å². The van der Waals surface area contributed by atoms with E-state index in [4.69, 9.17) is 9.47 Å².